The van der Waals surface area contributed by atoms with Gasteiger partial charge in [0.25, 0.3) is 0 Å². The van der Waals surface area contributed by atoms with E-state index in [0.29, 0.717) is 17.9 Å². The molecule has 1 unspecified atom stereocenters. The van der Waals surface area contributed by atoms with Gasteiger partial charge < -0.3 is 15.1 Å². The summed E-state index contributed by atoms with van der Waals surface area (Å²) in [5.41, 5.74) is 0. The number of nitrogens with one attached hydrogen (secondary N) is 1. The summed E-state index contributed by atoms with van der Waals surface area (Å²) >= 11 is 0. The van der Waals surface area contributed by atoms with Gasteiger partial charge in [-0.1, -0.05) is 0 Å². The number of carbonyl (C=O) groups excluding carboxylic acids is 1. The van der Waals surface area contributed by atoms with Gasteiger partial charge in [-0.25, -0.2) is 0 Å². The van der Waals surface area contributed by atoms with Crippen molar-refractivity contribution in [2.45, 2.75) is 25.3 Å². The first-order valence-corrected chi connectivity index (χ1v) is 6.31. The maximum Gasteiger partial charge on any atom is 0.222 e. The van der Waals surface area contributed by atoms with E-state index in [2.05, 4.69) is 17.3 Å². The molecule has 0 aromatic heterocycles. The van der Waals surface area contributed by atoms with Gasteiger partial charge in [0.05, 0.1) is 0 Å². The fourth-order valence-electron chi connectivity index (χ4n) is 2.52. The second-order valence-corrected chi connectivity index (χ2v) is 5.28. The molecule has 2 saturated heterocycles. The standard InChI is InChI=1S/C12H23N3O/c1-14-5-3-4-11(14)9-15(2)12(16)6-10-7-13-8-10/h10-11,13H,3-9H2,1-2H3. The minimum absolute atomic E-state index is 0.312. The SMILES string of the molecule is CN(CC1CCCN1C)C(=O)CC1CNC1. The first-order valence-electron chi connectivity index (χ1n) is 6.31. The molecule has 2 aliphatic heterocycles. The fourth-order valence-corrected chi connectivity index (χ4v) is 2.52. The molecular weight excluding hydrogens is 202 g/mol. The molecule has 4 heteroatoms. The fraction of sp³-hybridized carbons (Fsp3) is 0.917. The normalized spacial score (nSPS) is 26.8. The molecule has 0 aromatic carbocycles. The van der Waals surface area contributed by atoms with Crippen LogP contribution in [0.3, 0.4) is 0 Å². The monoisotopic (exact) mass is 225 g/mol. The Balaban J connectivity index is 1.73. The van der Waals surface area contributed by atoms with Crippen molar-refractivity contribution in [2.75, 3.05) is 40.3 Å². The summed E-state index contributed by atoms with van der Waals surface area (Å²) in [7, 11) is 4.10. The molecule has 0 radical (unpaired) electrons. The van der Waals surface area contributed by atoms with Crippen LogP contribution in [0, 0.1) is 5.92 Å². The lowest BCUT2D eigenvalue weighted by molar-refractivity contribution is -0.131. The van der Waals surface area contributed by atoms with Crippen LogP contribution in [0.1, 0.15) is 19.3 Å². The van der Waals surface area contributed by atoms with Crippen LogP contribution in [0.2, 0.25) is 0 Å². The zero-order valence-corrected chi connectivity index (χ0v) is 10.4. The number of hydrogen-bond acceptors (Lipinski definition) is 3. The molecule has 92 valence electrons. The highest BCUT2D eigenvalue weighted by molar-refractivity contribution is 5.76. The van der Waals surface area contributed by atoms with Crippen LogP contribution in [-0.2, 0) is 4.79 Å². The van der Waals surface area contributed by atoms with Crippen molar-refractivity contribution >= 4 is 5.91 Å². The molecular formula is C12H23N3O. The van der Waals surface area contributed by atoms with Crippen LogP contribution in [0.25, 0.3) is 0 Å². The summed E-state index contributed by atoms with van der Waals surface area (Å²) in [5, 5.41) is 3.21. The summed E-state index contributed by atoms with van der Waals surface area (Å²) in [6.45, 7) is 4.11. The Morgan fingerprint density at radius 1 is 1.50 bits per heavy atom. The van der Waals surface area contributed by atoms with Crippen molar-refractivity contribution in [2.24, 2.45) is 5.92 Å². The van der Waals surface area contributed by atoms with Crippen LogP contribution in [0.5, 0.6) is 0 Å². The van der Waals surface area contributed by atoms with Gasteiger partial charge in [0.1, 0.15) is 0 Å². The lowest BCUT2D eigenvalue weighted by Crippen LogP contribution is -2.46. The smallest absolute Gasteiger partial charge is 0.222 e. The molecule has 0 saturated carbocycles. The van der Waals surface area contributed by atoms with Crippen LogP contribution in [0.15, 0.2) is 0 Å². The van der Waals surface area contributed by atoms with Crippen molar-refractivity contribution in [3.8, 4) is 0 Å². The second-order valence-electron chi connectivity index (χ2n) is 5.28. The highest BCUT2D eigenvalue weighted by Crippen LogP contribution is 2.16. The Bertz CT molecular complexity index is 253. The average Bonchev–Trinajstić information content (AvgIpc) is 2.58. The number of amides is 1. The molecule has 16 heavy (non-hydrogen) atoms. The summed E-state index contributed by atoms with van der Waals surface area (Å²) in [6.07, 6.45) is 3.23. The highest BCUT2D eigenvalue weighted by atomic mass is 16.2. The minimum Gasteiger partial charge on any atom is -0.344 e. The number of carbonyl (C=O) groups is 1. The Kier molecular flexibility index (Phi) is 3.82. The quantitative estimate of drug-likeness (QED) is 0.740. The summed E-state index contributed by atoms with van der Waals surface area (Å²) < 4.78 is 0. The van der Waals surface area contributed by atoms with E-state index in [1.807, 2.05) is 11.9 Å². The topological polar surface area (TPSA) is 35.6 Å². The van der Waals surface area contributed by atoms with E-state index >= 15 is 0 Å². The van der Waals surface area contributed by atoms with Crippen LogP contribution >= 0.6 is 0 Å². The maximum atomic E-state index is 11.9. The van der Waals surface area contributed by atoms with Crippen molar-refractivity contribution in [3.05, 3.63) is 0 Å². The number of rotatable bonds is 4. The predicted molar refractivity (Wildman–Crippen MR) is 64.3 cm³/mol. The van der Waals surface area contributed by atoms with Gasteiger partial charge in [0.2, 0.25) is 5.91 Å². The second kappa shape index (κ2) is 5.15. The summed E-state index contributed by atoms with van der Waals surface area (Å²) in [6, 6.07) is 0.577. The lowest BCUT2D eigenvalue weighted by atomic mass is 9.98. The number of likely N-dealkylation sites (N-methyl/N-ethyl adjacent to an activating group) is 2. The number of likely N-dealkylation sites (tertiary alicyclic amines) is 1. The van der Waals surface area contributed by atoms with Gasteiger partial charge in [-0.05, 0) is 45.4 Å². The summed E-state index contributed by atoms with van der Waals surface area (Å²) in [4.78, 5) is 16.2. The largest absolute Gasteiger partial charge is 0.344 e. The van der Waals surface area contributed by atoms with Crippen LogP contribution < -0.4 is 5.32 Å². The minimum atomic E-state index is 0.312. The Morgan fingerprint density at radius 3 is 2.75 bits per heavy atom. The van der Waals surface area contributed by atoms with Gasteiger partial charge in [-0.15, -0.1) is 0 Å². The Labute approximate surface area is 98.0 Å². The molecule has 4 nitrogen and oxygen atoms in total. The van der Waals surface area contributed by atoms with Gasteiger partial charge in [-0.2, -0.15) is 0 Å². The molecule has 0 aliphatic carbocycles. The first-order chi connectivity index (χ1) is 7.66. The van der Waals surface area contributed by atoms with E-state index in [1.165, 1.54) is 19.4 Å². The Morgan fingerprint density at radius 2 is 2.25 bits per heavy atom. The maximum absolute atomic E-state index is 11.9. The van der Waals surface area contributed by atoms with Crippen molar-refractivity contribution < 1.29 is 4.79 Å². The number of nitrogens with zero attached hydrogens (tertiary/aromatic N) is 2. The molecule has 1 amide bonds. The third-order valence-corrected chi connectivity index (χ3v) is 3.91. The molecule has 0 spiro atoms. The van der Waals surface area contributed by atoms with Crippen molar-refractivity contribution in [1.29, 1.82) is 0 Å². The molecule has 0 aromatic rings. The van der Waals surface area contributed by atoms with E-state index in [9.17, 15) is 4.79 Å². The zero-order valence-electron chi connectivity index (χ0n) is 10.4. The summed E-state index contributed by atoms with van der Waals surface area (Å²) in [5.74, 6) is 0.892. The van der Waals surface area contributed by atoms with E-state index in [1.54, 1.807) is 0 Å². The molecule has 2 aliphatic rings. The Hall–Kier alpha value is -0.610. The molecule has 0 bridgehead atoms. The zero-order chi connectivity index (χ0) is 11.5. The third kappa shape index (κ3) is 2.74. The molecule has 1 N–H and O–H groups in total. The third-order valence-electron chi connectivity index (χ3n) is 3.91. The average molecular weight is 225 g/mol. The molecule has 2 rings (SSSR count). The number of hydrogen-bond donors (Lipinski definition) is 1. The van der Waals surface area contributed by atoms with Crippen LogP contribution in [-0.4, -0.2) is 62.0 Å². The molecule has 1 atom stereocenters. The highest BCUT2D eigenvalue weighted by Gasteiger charge is 2.26. The van der Waals surface area contributed by atoms with E-state index in [-0.39, 0.29) is 0 Å². The van der Waals surface area contributed by atoms with E-state index in [4.69, 9.17) is 0 Å². The van der Waals surface area contributed by atoms with Crippen LogP contribution in [0.4, 0.5) is 0 Å². The van der Waals surface area contributed by atoms with Gasteiger partial charge in [0, 0.05) is 26.1 Å². The lowest BCUT2D eigenvalue weighted by Gasteiger charge is -2.30. The molecule has 2 fully saturated rings. The van der Waals surface area contributed by atoms with Gasteiger partial charge in [0.15, 0.2) is 0 Å². The molecule has 2 heterocycles. The first kappa shape index (κ1) is 11.9. The van der Waals surface area contributed by atoms with Crippen molar-refractivity contribution in [3.63, 3.8) is 0 Å². The van der Waals surface area contributed by atoms with Crippen molar-refractivity contribution in [1.82, 2.24) is 15.1 Å². The van der Waals surface area contributed by atoms with Gasteiger partial charge >= 0.3 is 0 Å². The van der Waals surface area contributed by atoms with E-state index in [0.717, 1.165) is 26.1 Å². The van der Waals surface area contributed by atoms with Gasteiger partial charge in [-0.3, -0.25) is 4.79 Å². The predicted octanol–water partition coefficient (Wildman–Crippen LogP) is 0.149. The van der Waals surface area contributed by atoms with E-state index < -0.39 is 0 Å².